The van der Waals surface area contributed by atoms with E-state index in [0.29, 0.717) is 5.56 Å². The summed E-state index contributed by atoms with van der Waals surface area (Å²) in [5.41, 5.74) is 0.627. The van der Waals surface area contributed by atoms with Crippen LogP contribution in [0.1, 0.15) is 19.4 Å². The average molecular weight is 301 g/mol. The Morgan fingerprint density at radius 1 is 1.25 bits per heavy atom. The Balaban J connectivity index is 2.80. The lowest BCUT2D eigenvalue weighted by Crippen LogP contribution is -2.43. The van der Waals surface area contributed by atoms with E-state index in [-0.39, 0.29) is 23.8 Å². The number of carboxylic acid groups (broad SMARTS) is 1. The first-order chi connectivity index (χ1) is 9.19. The van der Waals surface area contributed by atoms with Crippen LogP contribution in [-0.4, -0.2) is 36.4 Å². The van der Waals surface area contributed by atoms with Gasteiger partial charge in [0.2, 0.25) is 10.0 Å². The van der Waals surface area contributed by atoms with Gasteiger partial charge in [-0.15, -0.1) is 0 Å². The number of nitrogens with one attached hydrogen (secondary N) is 1. The predicted molar refractivity (Wildman–Crippen MR) is 75.0 cm³/mol. The van der Waals surface area contributed by atoms with Crippen LogP contribution in [-0.2, 0) is 21.2 Å². The second kappa shape index (κ2) is 6.71. The van der Waals surface area contributed by atoms with Gasteiger partial charge in [0.25, 0.3) is 0 Å². The minimum atomic E-state index is -3.63. The molecule has 0 radical (unpaired) electrons. The van der Waals surface area contributed by atoms with Crippen molar-refractivity contribution in [3.05, 3.63) is 29.8 Å². The van der Waals surface area contributed by atoms with Gasteiger partial charge < -0.3 is 10.2 Å². The molecule has 1 aromatic carbocycles. The van der Waals surface area contributed by atoms with Gasteiger partial charge in [0.15, 0.2) is 0 Å². The Kier molecular flexibility index (Phi) is 5.52. The van der Waals surface area contributed by atoms with Crippen LogP contribution in [0.3, 0.4) is 0 Å². The molecule has 0 aliphatic heterocycles. The molecule has 0 spiro atoms. The molecule has 0 aliphatic rings. The van der Waals surface area contributed by atoms with Gasteiger partial charge in [-0.2, -0.15) is 0 Å². The van der Waals surface area contributed by atoms with Gasteiger partial charge in [-0.1, -0.05) is 26.0 Å². The van der Waals surface area contributed by atoms with Crippen LogP contribution in [0.5, 0.6) is 5.75 Å². The molecule has 3 N–H and O–H groups in total. The molecule has 0 aliphatic carbocycles. The molecule has 1 rings (SSSR count). The molecule has 0 fully saturated rings. The second-order valence-corrected chi connectivity index (χ2v) is 6.85. The van der Waals surface area contributed by atoms with Crippen molar-refractivity contribution in [1.82, 2.24) is 4.72 Å². The highest BCUT2D eigenvalue weighted by atomic mass is 32.2. The summed E-state index contributed by atoms with van der Waals surface area (Å²) in [6, 6.07) is 4.75. The van der Waals surface area contributed by atoms with Crippen LogP contribution in [0.2, 0.25) is 0 Å². The maximum Gasteiger partial charge on any atom is 0.322 e. The minimum absolute atomic E-state index is 0.0208. The Hall–Kier alpha value is -1.60. The van der Waals surface area contributed by atoms with E-state index >= 15 is 0 Å². The molecule has 0 saturated carbocycles. The number of aromatic hydroxyl groups is 1. The zero-order valence-electron chi connectivity index (χ0n) is 11.4. The van der Waals surface area contributed by atoms with Crippen LogP contribution in [0.4, 0.5) is 0 Å². The first-order valence-corrected chi connectivity index (χ1v) is 7.85. The van der Waals surface area contributed by atoms with Crippen molar-refractivity contribution in [3.63, 3.8) is 0 Å². The van der Waals surface area contributed by atoms with Crippen molar-refractivity contribution in [2.45, 2.75) is 26.3 Å². The topological polar surface area (TPSA) is 104 Å². The SMILES string of the molecule is CC(C)CS(=O)(=O)N[C@H](Cc1ccc(O)cc1)C(=O)O. The summed E-state index contributed by atoms with van der Waals surface area (Å²) < 4.78 is 25.8. The van der Waals surface area contributed by atoms with E-state index in [4.69, 9.17) is 10.2 Å². The zero-order chi connectivity index (χ0) is 15.3. The number of carbonyl (C=O) groups is 1. The summed E-state index contributed by atoms with van der Waals surface area (Å²) in [4.78, 5) is 11.2. The third kappa shape index (κ3) is 5.58. The lowest BCUT2D eigenvalue weighted by atomic mass is 10.1. The molecule has 7 heteroatoms. The van der Waals surface area contributed by atoms with E-state index in [1.165, 1.54) is 12.1 Å². The molecule has 1 atom stereocenters. The Morgan fingerprint density at radius 2 is 1.80 bits per heavy atom. The van der Waals surface area contributed by atoms with Gasteiger partial charge in [-0.25, -0.2) is 13.1 Å². The number of hydrogen-bond donors (Lipinski definition) is 3. The van der Waals surface area contributed by atoms with Crippen LogP contribution in [0.15, 0.2) is 24.3 Å². The fraction of sp³-hybridized carbons (Fsp3) is 0.462. The summed E-state index contributed by atoms with van der Waals surface area (Å²) in [6.45, 7) is 3.49. The molecule has 1 aromatic rings. The Bertz CT molecular complexity index is 551. The Morgan fingerprint density at radius 3 is 2.25 bits per heavy atom. The van der Waals surface area contributed by atoms with E-state index in [1.54, 1.807) is 26.0 Å². The third-order valence-electron chi connectivity index (χ3n) is 2.55. The molecule has 6 nitrogen and oxygen atoms in total. The highest BCUT2D eigenvalue weighted by molar-refractivity contribution is 7.89. The average Bonchev–Trinajstić information content (AvgIpc) is 2.29. The fourth-order valence-electron chi connectivity index (χ4n) is 1.75. The van der Waals surface area contributed by atoms with E-state index in [2.05, 4.69) is 4.72 Å². The molecule has 0 amide bonds. The maximum atomic E-state index is 11.8. The molecule has 20 heavy (non-hydrogen) atoms. The van der Waals surface area contributed by atoms with Crippen LogP contribution < -0.4 is 4.72 Å². The van der Waals surface area contributed by atoms with Crippen LogP contribution in [0.25, 0.3) is 0 Å². The number of aliphatic carboxylic acids is 1. The number of benzene rings is 1. The number of phenolic OH excluding ortho intramolecular Hbond substituents is 1. The van der Waals surface area contributed by atoms with Crippen LogP contribution >= 0.6 is 0 Å². The summed E-state index contributed by atoms with van der Waals surface area (Å²) >= 11 is 0. The largest absolute Gasteiger partial charge is 0.508 e. The van der Waals surface area contributed by atoms with Gasteiger partial charge >= 0.3 is 5.97 Å². The van der Waals surface area contributed by atoms with Crippen molar-refractivity contribution in [1.29, 1.82) is 0 Å². The lowest BCUT2D eigenvalue weighted by Gasteiger charge is -2.16. The normalized spacial score (nSPS) is 13.3. The Labute approximate surface area is 118 Å². The molecule has 0 bridgehead atoms. The molecular formula is C13H19NO5S. The van der Waals surface area contributed by atoms with Gasteiger partial charge in [0, 0.05) is 0 Å². The quantitative estimate of drug-likeness (QED) is 0.696. The fourth-order valence-corrected chi connectivity index (χ4v) is 3.34. The summed E-state index contributed by atoms with van der Waals surface area (Å²) in [5, 5.41) is 18.3. The highest BCUT2D eigenvalue weighted by Crippen LogP contribution is 2.12. The lowest BCUT2D eigenvalue weighted by molar-refractivity contribution is -0.138. The molecule has 0 unspecified atom stereocenters. The number of carboxylic acids is 1. The number of sulfonamides is 1. The smallest absolute Gasteiger partial charge is 0.322 e. The number of hydrogen-bond acceptors (Lipinski definition) is 4. The molecule has 112 valence electrons. The van der Waals surface area contributed by atoms with Crippen molar-refractivity contribution in [3.8, 4) is 5.75 Å². The molecule has 0 aromatic heterocycles. The highest BCUT2D eigenvalue weighted by Gasteiger charge is 2.24. The van der Waals surface area contributed by atoms with Crippen molar-refractivity contribution in [2.24, 2.45) is 5.92 Å². The number of rotatable bonds is 7. The van der Waals surface area contributed by atoms with Gasteiger partial charge in [-0.3, -0.25) is 4.79 Å². The van der Waals surface area contributed by atoms with E-state index in [1.807, 2.05) is 0 Å². The minimum Gasteiger partial charge on any atom is -0.508 e. The van der Waals surface area contributed by atoms with Gasteiger partial charge in [-0.05, 0) is 30.0 Å². The van der Waals surface area contributed by atoms with E-state index in [9.17, 15) is 13.2 Å². The first kappa shape index (κ1) is 16.5. The summed E-state index contributed by atoms with van der Waals surface area (Å²) in [6.07, 6.45) is 0.0208. The standard InChI is InChI=1S/C13H19NO5S/c1-9(2)8-20(18,19)14-12(13(16)17)7-10-3-5-11(15)6-4-10/h3-6,9,12,14-15H,7-8H2,1-2H3,(H,16,17)/t12-/m1/s1. The van der Waals surface area contributed by atoms with Crippen molar-refractivity contribution < 1.29 is 23.4 Å². The van der Waals surface area contributed by atoms with E-state index in [0.717, 1.165) is 0 Å². The van der Waals surface area contributed by atoms with Gasteiger partial charge in [0.05, 0.1) is 5.75 Å². The van der Waals surface area contributed by atoms with Crippen molar-refractivity contribution in [2.75, 3.05) is 5.75 Å². The molecule has 0 heterocycles. The first-order valence-electron chi connectivity index (χ1n) is 6.20. The summed E-state index contributed by atoms with van der Waals surface area (Å²) in [7, 11) is -3.63. The molecular weight excluding hydrogens is 282 g/mol. The predicted octanol–water partition coefficient (Wildman–Crippen LogP) is 0.963. The summed E-state index contributed by atoms with van der Waals surface area (Å²) in [5.74, 6) is -1.37. The van der Waals surface area contributed by atoms with Gasteiger partial charge in [0.1, 0.15) is 11.8 Å². The second-order valence-electron chi connectivity index (χ2n) is 5.05. The van der Waals surface area contributed by atoms with Crippen molar-refractivity contribution >= 4 is 16.0 Å². The molecule has 0 saturated heterocycles. The van der Waals surface area contributed by atoms with Crippen LogP contribution in [0, 0.1) is 5.92 Å². The maximum absolute atomic E-state index is 11.8. The number of phenols is 1. The zero-order valence-corrected chi connectivity index (χ0v) is 12.2. The monoisotopic (exact) mass is 301 g/mol. The third-order valence-corrected chi connectivity index (χ3v) is 4.30. The van der Waals surface area contributed by atoms with E-state index < -0.39 is 22.0 Å².